The summed E-state index contributed by atoms with van der Waals surface area (Å²) in [7, 11) is 0. The van der Waals surface area contributed by atoms with Gasteiger partial charge in [-0.25, -0.2) is 4.98 Å². The van der Waals surface area contributed by atoms with Gasteiger partial charge in [-0.1, -0.05) is 109 Å². The molecule has 0 unspecified atom stereocenters. The highest BCUT2D eigenvalue weighted by Crippen LogP contribution is 2.38. The predicted molar refractivity (Wildman–Crippen MR) is 147 cm³/mol. The number of nitrogens with zero attached hydrogens (tertiary/aromatic N) is 2. The normalized spacial score (nSPS) is 11.4. The van der Waals surface area contributed by atoms with Gasteiger partial charge in [-0.15, -0.1) is 0 Å². The minimum atomic E-state index is 0.977. The summed E-state index contributed by atoms with van der Waals surface area (Å²) in [5.41, 5.74) is 8.94. The number of fused-ring (bicyclic) bond motifs is 4. The zero-order valence-corrected chi connectivity index (χ0v) is 19.1. The maximum absolute atomic E-state index is 5.28. The first-order valence-electron chi connectivity index (χ1n) is 11.9. The van der Waals surface area contributed by atoms with E-state index in [1.165, 1.54) is 32.9 Å². The summed E-state index contributed by atoms with van der Waals surface area (Å²) in [4.78, 5) is 5.28. The molecule has 0 aliphatic heterocycles. The van der Waals surface area contributed by atoms with Crippen LogP contribution >= 0.6 is 0 Å². The molecule has 0 fully saturated rings. The monoisotopic (exact) mass is 446 g/mol. The van der Waals surface area contributed by atoms with Crippen LogP contribution in [0.15, 0.2) is 133 Å². The van der Waals surface area contributed by atoms with Gasteiger partial charge in [-0.05, 0) is 35.4 Å². The minimum Gasteiger partial charge on any atom is -0.307 e. The Kier molecular flexibility index (Phi) is 4.49. The molecule has 0 atom stereocenters. The maximum Gasteiger partial charge on any atom is 0.0956 e. The molecule has 0 amide bonds. The van der Waals surface area contributed by atoms with Crippen molar-refractivity contribution in [2.75, 3.05) is 0 Å². The second-order valence-electron chi connectivity index (χ2n) is 8.83. The molecule has 2 nitrogen and oxygen atoms in total. The van der Waals surface area contributed by atoms with Crippen molar-refractivity contribution in [2.45, 2.75) is 0 Å². The molecule has 0 aliphatic rings. The Morgan fingerprint density at radius 1 is 0.457 bits per heavy atom. The van der Waals surface area contributed by atoms with Gasteiger partial charge in [-0.2, -0.15) is 0 Å². The molecule has 5 aromatic carbocycles. The molecule has 0 radical (unpaired) electrons. The van der Waals surface area contributed by atoms with E-state index < -0.39 is 0 Å². The van der Waals surface area contributed by atoms with Gasteiger partial charge in [0.05, 0.1) is 27.9 Å². The van der Waals surface area contributed by atoms with Crippen molar-refractivity contribution < 1.29 is 0 Å². The molecule has 0 saturated heterocycles. The van der Waals surface area contributed by atoms with E-state index in [4.69, 9.17) is 4.98 Å². The summed E-state index contributed by atoms with van der Waals surface area (Å²) in [6.07, 6.45) is 0. The number of hydrogen-bond donors (Lipinski definition) is 0. The average molecular weight is 447 g/mol. The van der Waals surface area contributed by atoms with Crippen LogP contribution in [0.25, 0.3) is 60.8 Å². The Balaban J connectivity index is 1.63. The molecule has 7 rings (SSSR count). The first-order valence-corrected chi connectivity index (χ1v) is 11.9. The fraction of sp³-hybridized carbons (Fsp3) is 0. The second kappa shape index (κ2) is 7.96. The first kappa shape index (κ1) is 19.7. The molecule has 2 heteroatoms. The summed E-state index contributed by atoms with van der Waals surface area (Å²) in [5.74, 6) is 0. The van der Waals surface area contributed by atoms with Crippen LogP contribution in [0.4, 0.5) is 0 Å². The van der Waals surface area contributed by atoms with Gasteiger partial charge in [0.2, 0.25) is 0 Å². The SMILES string of the molecule is c1ccc(-c2cc(-c3ccccc3)c3cccc(-n4c5ccccc5c5ccccc54)c3n2)cc1. The molecule has 0 saturated carbocycles. The zero-order valence-electron chi connectivity index (χ0n) is 19.1. The van der Waals surface area contributed by atoms with Crippen LogP contribution in [0.1, 0.15) is 0 Å². The van der Waals surface area contributed by atoms with Gasteiger partial charge in [0.25, 0.3) is 0 Å². The van der Waals surface area contributed by atoms with Gasteiger partial charge >= 0.3 is 0 Å². The Morgan fingerprint density at radius 3 is 1.66 bits per heavy atom. The smallest absolute Gasteiger partial charge is 0.0956 e. The first-order chi connectivity index (χ1) is 17.4. The fourth-order valence-corrected chi connectivity index (χ4v) is 5.21. The highest BCUT2D eigenvalue weighted by Gasteiger charge is 2.17. The highest BCUT2D eigenvalue weighted by atomic mass is 15.0. The predicted octanol–water partition coefficient (Wildman–Crippen LogP) is 8.67. The van der Waals surface area contributed by atoms with Crippen LogP contribution in [0.5, 0.6) is 0 Å². The molecule has 0 bridgehead atoms. The average Bonchev–Trinajstić information content (AvgIpc) is 3.27. The third-order valence-corrected chi connectivity index (χ3v) is 6.79. The van der Waals surface area contributed by atoms with Gasteiger partial charge < -0.3 is 4.57 Å². The standard InChI is InChI=1S/C33H22N2/c1-3-12-23(13-4-1)28-22-29(24-14-5-2-6-15-24)34-33-27(28)18-11-21-32(33)35-30-19-9-7-16-25(30)26-17-8-10-20-31(26)35/h1-22H. The Morgan fingerprint density at radius 2 is 1.00 bits per heavy atom. The van der Waals surface area contributed by atoms with Crippen molar-refractivity contribution in [3.8, 4) is 28.1 Å². The molecule has 2 aromatic heterocycles. The number of aromatic nitrogens is 2. The molecular weight excluding hydrogens is 424 g/mol. The van der Waals surface area contributed by atoms with Crippen LogP contribution in [0, 0.1) is 0 Å². The lowest BCUT2D eigenvalue weighted by atomic mass is 9.97. The second-order valence-corrected chi connectivity index (χ2v) is 8.83. The molecule has 0 N–H and O–H groups in total. The van der Waals surface area contributed by atoms with Gasteiger partial charge in [0.1, 0.15) is 0 Å². The van der Waals surface area contributed by atoms with Crippen LogP contribution in [0.3, 0.4) is 0 Å². The molecule has 2 heterocycles. The van der Waals surface area contributed by atoms with E-state index >= 15 is 0 Å². The third-order valence-electron chi connectivity index (χ3n) is 6.79. The maximum atomic E-state index is 5.28. The van der Waals surface area contributed by atoms with E-state index in [0.717, 1.165) is 27.8 Å². The van der Waals surface area contributed by atoms with Gasteiger partial charge in [0.15, 0.2) is 0 Å². The summed E-state index contributed by atoms with van der Waals surface area (Å²) < 4.78 is 2.36. The van der Waals surface area contributed by atoms with Crippen molar-refractivity contribution in [1.29, 1.82) is 0 Å². The van der Waals surface area contributed by atoms with Gasteiger partial charge in [-0.3, -0.25) is 0 Å². The fourth-order valence-electron chi connectivity index (χ4n) is 5.21. The van der Waals surface area contributed by atoms with Crippen molar-refractivity contribution >= 4 is 32.7 Å². The lowest BCUT2D eigenvalue weighted by molar-refractivity contribution is 1.18. The molecule has 0 spiro atoms. The third kappa shape index (κ3) is 3.15. The Labute approximate surface area is 203 Å². The Hall–Kier alpha value is -4.69. The number of hydrogen-bond acceptors (Lipinski definition) is 1. The van der Waals surface area contributed by atoms with Crippen LogP contribution in [0.2, 0.25) is 0 Å². The van der Waals surface area contributed by atoms with E-state index in [9.17, 15) is 0 Å². The largest absolute Gasteiger partial charge is 0.307 e. The van der Waals surface area contributed by atoms with Crippen LogP contribution in [-0.4, -0.2) is 9.55 Å². The molecule has 7 aromatic rings. The van der Waals surface area contributed by atoms with Crippen LogP contribution in [-0.2, 0) is 0 Å². The number of pyridine rings is 1. The summed E-state index contributed by atoms with van der Waals surface area (Å²) in [6.45, 7) is 0. The van der Waals surface area contributed by atoms with E-state index in [-0.39, 0.29) is 0 Å². The van der Waals surface area contributed by atoms with Gasteiger partial charge in [0, 0.05) is 21.7 Å². The Bertz CT molecular complexity index is 1780. The highest BCUT2D eigenvalue weighted by molar-refractivity contribution is 6.11. The lowest BCUT2D eigenvalue weighted by Crippen LogP contribution is -1.99. The quantitative estimate of drug-likeness (QED) is 0.265. The van der Waals surface area contributed by atoms with E-state index in [1.54, 1.807) is 0 Å². The van der Waals surface area contributed by atoms with E-state index in [1.807, 2.05) is 6.07 Å². The van der Waals surface area contributed by atoms with Crippen molar-refractivity contribution in [3.05, 3.63) is 133 Å². The zero-order chi connectivity index (χ0) is 23.2. The van der Waals surface area contributed by atoms with Crippen molar-refractivity contribution in [1.82, 2.24) is 9.55 Å². The summed E-state index contributed by atoms with van der Waals surface area (Å²) in [5, 5.41) is 3.65. The summed E-state index contributed by atoms with van der Waals surface area (Å²) >= 11 is 0. The number of para-hydroxylation sites is 3. The van der Waals surface area contributed by atoms with Crippen molar-refractivity contribution in [2.24, 2.45) is 0 Å². The van der Waals surface area contributed by atoms with Crippen LogP contribution < -0.4 is 0 Å². The summed E-state index contributed by atoms with van der Waals surface area (Å²) in [6, 6.07) is 47.1. The molecule has 0 aliphatic carbocycles. The van der Waals surface area contributed by atoms with E-state index in [2.05, 4.69) is 132 Å². The van der Waals surface area contributed by atoms with E-state index in [0.29, 0.717) is 0 Å². The molecule has 35 heavy (non-hydrogen) atoms. The minimum absolute atomic E-state index is 0.977. The van der Waals surface area contributed by atoms with Crippen molar-refractivity contribution in [3.63, 3.8) is 0 Å². The number of benzene rings is 5. The lowest BCUT2D eigenvalue weighted by Gasteiger charge is -2.15. The number of rotatable bonds is 3. The molecular formula is C33H22N2. The molecule has 164 valence electrons. The topological polar surface area (TPSA) is 17.8 Å².